The molecule has 150 valence electrons. The van der Waals surface area contributed by atoms with Crippen LogP contribution < -0.4 is 4.74 Å². The SMILES string of the molecule is CCCc1nc(C)c2c(C)nc3cc(OCc4ccc5ccccc5n4)ccc3n12. The lowest BCUT2D eigenvalue weighted by atomic mass is 10.2. The number of hydrogen-bond donors (Lipinski definition) is 0. The first-order valence-electron chi connectivity index (χ1n) is 10.4. The molecule has 5 nitrogen and oxygen atoms in total. The average molecular weight is 396 g/mol. The quantitative estimate of drug-likeness (QED) is 0.389. The van der Waals surface area contributed by atoms with Crippen molar-refractivity contribution < 1.29 is 4.74 Å². The summed E-state index contributed by atoms with van der Waals surface area (Å²) in [5.74, 6) is 1.88. The Kier molecular flexibility index (Phi) is 4.58. The van der Waals surface area contributed by atoms with Gasteiger partial charge in [0, 0.05) is 17.9 Å². The van der Waals surface area contributed by atoms with Gasteiger partial charge >= 0.3 is 0 Å². The van der Waals surface area contributed by atoms with Gasteiger partial charge in [0.1, 0.15) is 18.2 Å². The highest BCUT2D eigenvalue weighted by atomic mass is 16.5. The van der Waals surface area contributed by atoms with E-state index in [9.17, 15) is 0 Å². The molecular formula is C25H24N4O. The molecule has 0 unspecified atom stereocenters. The molecule has 0 amide bonds. The van der Waals surface area contributed by atoms with Crippen LogP contribution in [0.15, 0.2) is 54.6 Å². The Morgan fingerprint density at radius 2 is 1.70 bits per heavy atom. The van der Waals surface area contributed by atoms with Crippen molar-refractivity contribution >= 4 is 27.5 Å². The van der Waals surface area contributed by atoms with Crippen LogP contribution in [0.2, 0.25) is 0 Å². The van der Waals surface area contributed by atoms with Gasteiger partial charge in [-0.1, -0.05) is 31.2 Å². The Labute approximate surface area is 175 Å². The van der Waals surface area contributed by atoms with Gasteiger partial charge in [-0.25, -0.2) is 15.0 Å². The predicted molar refractivity (Wildman–Crippen MR) is 120 cm³/mol. The van der Waals surface area contributed by atoms with E-state index in [-0.39, 0.29) is 0 Å². The number of nitrogens with zero attached hydrogens (tertiary/aromatic N) is 4. The molecule has 0 saturated carbocycles. The summed E-state index contributed by atoms with van der Waals surface area (Å²) >= 11 is 0. The average Bonchev–Trinajstić information content (AvgIpc) is 3.09. The van der Waals surface area contributed by atoms with Gasteiger partial charge in [0.25, 0.3) is 0 Å². The van der Waals surface area contributed by atoms with Crippen LogP contribution in [0.25, 0.3) is 27.5 Å². The van der Waals surface area contributed by atoms with Crippen molar-refractivity contribution in [3.8, 4) is 5.75 Å². The molecule has 0 atom stereocenters. The zero-order valence-corrected chi connectivity index (χ0v) is 17.5. The largest absolute Gasteiger partial charge is 0.487 e. The summed E-state index contributed by atoms with van der Waals surface area (Å²) in [5, 5.41) is 1.13. The molecule has 2 aromatic carbocycles. The van der Waals surface area contributed by atoms with E-state index in [4.69, 9.17) is 14.7 Å². The van der Waals surface area contributed by atoms with E-state index in [0.717, 1.165) is 69.0 Å². The minimum absolute atomic E-state index is 0.419. The summed E-state index contributed by atoms with van der Waals surface area (Å²) in [6.07, 6.45) is 2.00. The van der Waals surface area contributed by atoms with Crippen molar-refractivity contribution in [1.29, 1.82) is 0 Å². The maximum atomic E-state index is 6.06. The highest BCUT2D eigenvalue weighted by Gasteiger charge is 2.14. The zero-order valence-electron chi connectivity index (χ0n) is 17.5. The van der Waals surface area contributed by atoms with Gasteiger partial charge < -0.3 is 4.74 Å². The Morgan fingerprint density at radius 3 is 2.57 bits per heavy atom. The van der Waals surface area contributed by atoms with Crippen molar-refractivity contribution in [2.45, 2.75) is 40.2 Å². The molecule has 3 aromatic heterocycles. The van der Waals surface area contributed by atoms with Crippen LogP contribution in [-0.2, 0) is 13.0 Å². The number of rotatable bonds is 5. The summed E-state index contributed by atoms with van der Waals surface area (Å²) < 4.78 is 8.31. The molecule has 0 bridgehead atoms. The smallest absolute Gasteiger partial charge is 0.130 e. The van der Waals surface area contributed by atoms with Crippen LogP contribution in [0.3, 0.4) is 0 Å². The Hall–Kier alpha value is -3.47. The van der Waals surface area contributed by atoms with Crippen molar-refractivity contribution in [2.75, 3.05) is 0 Å². The van der Waals surface area contributed by atoms with Gasteiger partial charge in [0.05, 0.1) is 39.1 Å². The summed E-state index contributed by atoms with van der Waals surface area (Å²) in [5.41, 5.74) is 7.00. The normalized spacial score (nSPS) is 11.6. The highest BCUT2D eigenvalue weighted by molar-refractivity contribution is 5.82. The number of aryl methyl sites for hydroxylation is 3. The first-order chi connectivity index (χ1) is 14.6. The van der Waals surface area contributed by atoms with E-state index in [1.54, 1.807) is 0 Å². The lowest BCUT2D eigenvalue weighted by molar-refractivity contribution is 0.302. The molecule has 0 fully saturated rings. The number of imidazole rings is 1. The number of para-hydroxylation sites is 1. The van der Waals surface area contributed by atoms with E-state index >= 15 is 0 Å². The van der Waals surface area contributed by atoms with E-state index in [2.05, 4.69) is 41.4 Å². The molecular weight excluding hydrogens is 372 g/mol. The second kappa shape index (κ2) is 7.41. The highest BCUT2D eigenvalue weighted by Crippen LogP contribution is 2.26. The van der Waals surface area contributed by atoms with Crippen LogP contribution in [0.5, 0.6) is 5.75 Å². The lowest BCUT2D eigenvalue weighted by Crippen LogP contribution is -2.01. The lowest BCUT2D eigenvalue weighted by Gasteiger charge is -2.11. The van der Waals surface area contributed by atoms with E-state index in [1.807, 2.05) is 43.3 Å². The fraction of sp³-hybridized carbons (Fsp3) is 0.240. The molecule has 5 heteroatoms. The minimum Gasteiger partial charge on any atom is -0.487 e. The van der Waals surface area contributed by atoms with Crippen LogP contribution >= 0.6 is 0 Å². The molecule has 30 heavy (non-hydrogen) atoms. The van der Waals surface area contributed by atoms with Gasteiger partial charge in [-0.3, -0.25) is 4.40 Å². The zero-order chi connectivity index (χ0) is 20.7. The molecule has 5 aromatic rings. The number of benzene rings is 2. The van der Waals surface area contributed by atoms with Crippen LogP contribution in [0, 0.1) is 13.8 Å². The van der Waals surface area contributed by atoms with Gasteiger partial charge in [-0.15, -0.1) is 0 Å². The topological polar surface area (TPSA) is 52.3 Å². The molecule has 3 heterocycles. The molecule has 0 aliphatic carbocycles. The van der Waals surface area contributed by atoms with E-state index < -0.39 is 0 Å². The summed E-state index contributed by atoms with van der Waals surface area (Å²) in [7, 11) is 0. The summed E-state index contributed by atoms with van der Waals surface area (Å²) in [6.45, 7) is 6.71. The van der Waals surface area contributed by atoms with Crippen molar-refractivity contribution in [3.63, 3.8) is 0 Å². The number of hydrogen-bond acceptors (Lipinski definition) is 4. The van der Waals surface area contributed by atoms with Crippen molar-refractivity contribution in [2.24, 2.45) is 0 Å². The maximum Gasteiger partial charge on any atom is 0.130 e. The van der Waals surface area contributed by atoms with Crippen molar-refractivity contribution in [1.82, 2.24) is 19.4 Å². The molecule has 0 saturated heterocycles. The Bertz CT molecular complexity index is 1390. The Morgan fingerprint density at radius 1 is 0.867 bits per heavy atom. The molecule has 0 radical (unpaired) electrons. The van der Waals surface area contributed by atoms with Crippen LogP contribution in [-0.4, -0.2) is 19.4 Å². The van der Waals surface area contributed by atoms with E-state index in [0.29, 0.717) is 6.61 Å². The molecule has 5 rings (SSSR count). The summed E-state index contributed by atoms with van der Waals surface area (Å²) in [6, 6.07) is 18.3. The molecule has 0 aliphatic heterocycles. The fourth-order valence-electron chi connectivity index (χ4n) is 4.11. The standard InChI is InChI=1S/C25H24N4O/c1-4-7-24-27-17(3)25-16(2)26-22-14-20(12-13-23(22)29(24)25)30-15-19-11-10-18-8-5-6-9-21(18)28-19/h5-6,8-14H,4,7,15H2,1-3H3. The molecule has 0 N–H and O–H groups in total. The number of ether oxygens (including phenoxy) is 1. The number of fused-ring (bicyclic) bond motifs is 4. The van der Waals surface area contributed by atoms with Crippen molar-refractivity contribution in [3.05, 3.63) is 77.5 Å². The number of pyridine rings is 1. The third kappa shape index (κ3) is 3.16. The van der Waals surface area contributed by atoms with Crippen LogP contribution in [0.4, 0.5) is 0 Å². The second-order valence-electron chi connectivity index (χ2n) is 7.68. The van der Waals surface area contributed by atoms with Gasteiger partial charge in [0.2, 0.25) is 0 Å². The Balaban J connectivity index is 1.49. The minimum atomic E-state index is 0.419. The predicted octanol–water partition coefficient (Wildman–Crippen LogP) is 5.58. The maximum absolute atomic E-state index is 6.06. The van der Waals surface area contributed by atoms with Crippen LogP contribution in [0.1, 0.15) is 36.3 Å². The molecule has 0 aliphatic rings. The fourth-order valence-corrected chi connectivity index (χ4v) is 4.11. The number of aromatic nitrogens is 4. The van der Waals surface area contributed by atoms with Gasteiger partial charge in [-0.2, -0.15) is 0 Å². The van der Waals surface area contributed by atoms with Gasteiger partial charge in [0.15, 0.2) is 0 Å². The summed E-state index contributed by atoms with van der Waals surface area (Å²) in [4.78, 5) is 14.3. The van der Waals surface area contributed by atoms with Gasteiger partial charge in [-0.05, 0) is 44.5 Å². The first kappa shape index (κ1) is 18.6. The third-order valence-electron chi connectivity index (χ3n) is 5.46. The molecule has 0 spiro atoms. The van der Waals surface area contributed by atoms with E-state index in [1.165, 1.54) is 0 Å². The first-order valence-corrected chi connectivity index (χ1v) is 10.4. The second-order valence-corrected chi connectivity index (χ2v) is 7.68. The monoisotopic (exact) mass is 396 g/mol. The third-order valence-corrected chi connectivity index (χ3v) is 5.46.